The number of benzene rings is 1. The molecule has 1 aromatic heterocycles. The minimum atomic E-state index is -0.156. The van der Waals surface area contributed by atoms with Gasteiger partial charge in [0.1, 0.15) is 11.6 Å². The Hall–Kier alpha value is -1.68. The third kappa shape index (κ3) is 3.20. The van der Waals surface area contributed by atoms with Gasteiger partial charge in [-0.1, -0.05) is 19.1 Å². The van der Waals surface area contributed by atoms with Crippen molar-refractivity contribution in [2.45, 2.75) is 26.3 Å². The van der Waals surface area contributed by atoms with Crippen molar-refractivity contribution in [2.75, 3.05) is 6.54 Å². The SMILES string of the molecule is CCNC(Cc1nccn1C)c1ccc(F)c(C)c1. The van der Waals surface area contributed by atoms with Crippen LogP contribution in [0.25, 0.3) is 0 Å². The third-order valence-electron chi connectivity index (χ3n) is 3.34. The van der Waals surface area contributed by atoms with Crippen LogP contribution in [0.1, 0.15) is 29.9 Å². The molecule has 0 saturated carbocycles. The summed E-state index contributed by atoms with van der Waals surface area (Å²) < 4.78 is 15.4. The molecule has 0 radical (unpaired) electrons. The molecule has 0 amide bonds. The van der Waals surface area contributed by atoms with Gasteiger partial charge >= 0.3 is 0 Å². The van der Waals surface area contributed by atoms with E-state index in [0.717, 1.165) is 24.4 Å². The maximum atomic E-state index is 13.4. The van der Waals surface area contributed by atoms with Crippen LogP contribution in [-0.4, -0.2) is 16.1 Å². The molecule has 1 unspecified atom stereocenters. The molecule has 19 heavy (non-hydrogen) atoms. The Morgan fingerprint density at radius 2 is 2.21 bits per heavy atom. The van der Waals surface area contributed by atoms with Crippen molar-refractivity contribution in [3.05, 3.63) is 53.4 Å². The first kappa shape index (κ1) is 13.7. The smallest absolute Gasteiger partial charge is 0.126 e. The van der Waals surface area contributed by atoms with Gasteiger partial charge in [0.15, 0.2) is 0 Å². The number of rotatable bonds is 5. The molecule has 0 saturated heterocycles. The summed E-state index contributed by atoms with van der Waals surface area (Å²) in [5.41, 5.74) is 1.78. The molecule has 3 nitrogen and oxygen atoms in total. The van der Waals surface area contributed by atoms with Gasteiger partial charge in [-0.15, -0.1) is 0 Å². The van der Waals surface area contributed by atoms with E-state index in [0.29, 0.717) is 5.56 Å². The lowest BCUT2D eigenvalue weighted by Gasteiger charge is -2.19. The summed E-state index contributed by atoms with van der Waals surface area (Å²) in [6, 6.07) is 5.45. The van der Waals surface area contributed by atoms with Gasteiger partial charge in [-0.2, -0.15) is 0 Å². The second kappa shape index (κ2) is 5.97. The second-order valence-corrected chi connectivity index (χ2v) is 4.78. The fraction of sp³-hybridized carbons (Fsp3) is 0.400. The van der Waals surface area contributed by atoms with E-state index < -0.39 is 0 Å². The van der Waals surface area contributed by atoms with Gasteiger partial charge in [-0.25, -0.2) is 9.37 Å². The normalized spacial score (nSPS) is 12.6. The number of imidazole rings is 1. The zero-order chi connectivity index (χ0) is 13.8. The Morgan fingerprint density at radius 3 is 2.79 bits per heavy atom. The number of halogens is 1. The van der Waals surface area contributed by atoms with E-state index in [1.54, 1.807) is 13.1 Å². The number of hydrogen-bond acceptors (Lipinski definition) is 2. The Kier molecular flexibility index (Phi) is 4.32. The molecule has 0 aliphatic carbocycles. The molecule has 1 heterocycles. The molecule has 2 rings (SSSR count). The topological polar surface area (TPSA) is 29.9 Å². The number of aromatic nitrogens is 2. The molecule has 4 heteroatoms. The first-order valence-electron chi connectivity index (χ1n) is 6.57. The van der Waals surface area contributed by atoms with Gasteiger partial charge in [-0.05, 0) is 30.7 Å². The largest absolute Gasteiger partial charge is 0.338 e. The molecule has 0 aliphatic heterocycles. The van der Waals surface area contributed by atoms with Crippen molar-refractivity contribution in [1.82, 2.24) is 14.9 Å². The number of nitrogens with zero attached hydrogens (tertiary/aromatic N) is 2. The molecule has 0 aliphatic rings. The molecule has 0 bridgehead atoms. The molecule has 1 aromatic carbocycles. The van der Waals surface area contributed by atoms with Crippen LogP contribution in [0.5, 0.6) is 0 Å². The number of nitrogens with one attached hydrogen (secondary N) is 1. The lowest BCUT2D eigenvalue weighted by atomic mass is 10.0. The maximum absolute atomic E-state index is 13.4. The average molecular weight is 261 g/mol. The predicted octanol–water partition coefficient (Wildman–Crippen LogP) is 2.76. The molecular formula is C15H20FN3. The summed E-state index contributed by atoms with van der Waals surface area (Å²) >= 11 is 0. The zero-order valence-electron chi connectivity index (χ0n) is 11.7. The van der Waals surface area contributed by atoms with Gasteiger partial charge in [0.2, 0.25) is 0 Å². The van der Waals surface area contributed by atoms with Crippen molar-refractivity contribution in [2.24, 2.45) is 7.05 Å². The number of likely N-dealkylation sites (N-methyl/N-ethyl adjacent to an activating group) is 1. The van der Waals surface area contributed by atoms with Crippen LogP contribution in [0.2, 0.25) is 0 Å². The minimum Gasteiger partial charge on any atom is -0.338 e. The average Bonchev–Trinajstić information content (AvgIpc) is 2.78. The summed E-state index contributed by atoms with van der Waals surface area (Å²) in [6.07, 6.45) is 4.53. The van der Waals surface area contributed by atoms with E-state index in [4.69, 9.17) is 0 Å². The van der Waals surface area contributed by atoms with E-state index in [1.165, 1.54) is 6.07 Å². The van der Waals surface area contributed by atoms with E-state index in [2.05, 4.69) is 17.2 Å². The van der Waals surface area contributed by atoms with Crippen LogP contribution in [0, 0.1) is 12.7 Å². The summed E-state index contributed by atoms with van der Waals surface area (Å²) in [7, 11) is 1.99. The molecular weight excluding hydrogens is 241 g/mol. The third-order valence-corrected chi connectivity index (χ3v) is 3.34. The summed E-state index contributed by atoms with van der Waals surface area (Å²) in [5.74, 6) is 0.865. The summed E-state index contributed by atoms with van der Waals surface area (Å²) in [5, 5.41) is 3.44. The summed E-state index contributed by atoms with van der Waals surface area (Å²) in [6.45, 7) is 4.73. The highest BCUT2D eigenvalue weighted by atomic mass is 19.1. The number of hydrogen-bond donors (Lipinski definition) is 1. The van der Waals surface area contributed by atoms with Crippen molar-refractivity contribution in [1.29, 1.82) is 0 Å². The van der Waals surface area contributed by atoms with Crippen LogP contribution in [-0.2, 0) is 13.5 Å². The lowest BCUT2D eigenvalue weighted by Crippen LogP contribution is -2.24. The fourth-order valence-electron chi connectivity index (χ4n) is 2.21. The molecule has 1 atom stereocenters. The molecule has 0 spiro atoms. The Balaban J connectivity index is 2.24. The monoisotopic (exact) mass is 261 g/mol. The van der Waals surface area contributed by atoms with Crippen LogP contribution in [0.15, 0.2) is 30.6 Å². The quantitative estimate of drug-likeness (QED) is 0.897. The predicted molar refractivity (Wildman–Crippen MR) is 74.5 cm³/mol. The van der Waals surface area contributed by atoms with E-state index in [-0.39, 0.29) is 11.9 Å². The first-order valence-corrected chi connectivity index (χ1v) is 6.57. The van der Waals surface area contributed by atoms with Gasteiger partial charge in [-0.3, -0.25) is 0 Å². The maximum Gasteiger partial charge on any atom is 0.126 e. The highest BCUT2D eigenvalue weighted by Crippen LogP contribution is 2.20. The van der Waals surface area contributed by atoms with Gasteiger partial charge < -0.3 is 9.88 Å². The van der Waals surface area contributed by atoms with Crippen LogP contribution in [0.3, 0.4) is 0 Å². The van der Waals surface area contributed by atoms with E-state index >= 15 is 0 Å². The van der Waals surface area contributed by atoms with Crippen LogP contribution >= 0.6 is 0 Å². The Labute approximate surface area is 113 Å². The lowest BCUT2D eigenvalue weighted by molar-refractivity contribution is 0.526. The molecule has 1 N–H and O–H groups in total. The molecule has 0 fully saturated rings. The zero-order valence-corrected chi connectivity index (χ0v) is 11.7. The Bertz CT molecular complexity index is 548. The first-order chi connectivity index (χ1) is 9.11. The highest BCUT2D eigenvalue weighted by molar-refractivity contribution is 5.27. The van der Waals surface area contributed by atoms with Crippen LogP contribution < -0.4 is 5.32 Å². The Morgan fingerprint density at radius 1 is 1.42 bits per heavy atom. The molecule has 2 aromatic rings. The van der Waals surface area contributed by atoms with Crippen molar-refractivity contribution < 1.29 is 4.39 Å². The van der Waals surface area contributed by atoms with Crippen LogP contribution in [0.4, 0.5) is 4.39 Å². The second-order valence-electron chi connectivity index (χ2n) is 4.78. The van der Waals surface area contributed by atoms with Crippen molar-refractivity contribution >= 4 is 0 Å². The van der Waals surface area contributed by atoms with Gasteiger partial charge in [0.25, 0.3) is 0 Å². The van der Waals surface area contributed by atoms with Gasteiger partial charge in [0, 0.05) is 31.9 Å². The van der Waals surface area contributed by atoms with Crippen molar-refractivity contribution in [3.8, 4) is 0 Å². The fourth-order valence-corrected chi connectivity index (χ4v) is 2.21. The minimum absolute atomic E-state index is 0.156. The standard InChI is InChI=1S/C15H20FN3/c1-4-17-14(10-15-18-7-8-19(15)3)12-5-6-13(16)11(2)9-12/h5-9,14,17H,4,10H2,1-3H3. The van der Waals surface area contributed by atoms with E-state index in [9.17, 15) is 4.39 Å². The van der Waals surface area contributed by atoms with E-state index in [1.807, 2.05) is 29.9 Å². The molecule has 102 valence electrons. The summed E-state index contributed by atoms with van der Waals surface area (Å²) in [4.78, 5) is 4.35. The van der Waals surface area contributed by atoms with Gasteiger partial charge in [0.05, 0.1) is 0 Å². The highest BCUT2D eigenvalue weighted by Gasteiger charge is 2.14. The number of aryl methyl sites for hydroxylation is 2. The van der Waals surface area contributed by atoms with Crippen molar-refractivity contribution in [3.63, 3.8) is 0 Å².